The van der Waals surface area contributed by atoms with Crippen molar-refractivity contribution < 1.29 is 14.5 Å². The monoisotopic (exact) mass is 320 g/mol. The number of nitro groups is 1. The molecule has 0 fully saturated rings. The molecule has 6 nitrogen and oxygen atoms in total. The Labute approximate surface area is 126 Å². The number of alkyl halides is 1. The second kappa shape index (κ2) is 8.04. The van der Waals surface area contributed by atoms with Gasteiger partial charge < -0.3 is 10.1 Å². The van der Waals surface area contributed by atoms with Crippen molar-refractivity contribution >= 4 is 34.8 Å². The highest BCUT2D eigenvalue weighted by molar-refractivity contribution is 6.31. The second-order valence-electron chi connectivity index (χ2n) is 4.02. The number of methoxy groups -OCH3 is 1. The third-order valence-electron chi connectivity index (χ3n) is 2.49. The molecule has 1 N–H and O–H groups in total. The number of nitrogens with one attached hydrogen (secondary N) is 1. The molecular formula is C12H14Cl2N2O4. The van der Waals surface area contributed by atoms with Gasteiger partial charge in [-0.15, -0.1) is 11.6 Å². The van der Waals surface area contributed by atoms with Gasteiger partial charge in [-0.25, -0.2) is 0 Å². The van der Waals surface area contributed by atoms with E-state index in [4.69, 9.17) is 27.9 Å². The van der Waals surface area contributed by atoms with Crippen molar-refractivity contribution in [2.45, 2.75) is 11.8 Å². The van der Waals surface area contributed by atoms with Crippen molar-refractivity contribution in [3.8, 4) is 0 Å². The number of benzene rings is 1. The van der Waals surface area contributed by atoms with E-state index in [2.05, 4.69) is 5.32 Å². The lowest BCUT2D eigenvalue weighted by Crippen LogP contribution is -2.27. The number of carbonyl (C=O) groups is 1. The third-order valence-corrected chi connectivity index (χ3v) is 3.07. The fourth-order valence-electron chi connectivity index (χ4n) is 1.55. The van der Waals surface area contributed by atoms with E-state index in [0.29, 0.717) is 19.6 Å². The molecule has 0 saturated heterocycles. The van der Waals surface area contributed by atoms with E-state index >= 15 is 0 Å². The molecule has 1 aromatic rings. The molecule has 0 bridgehead atoms. The third kappa shape index (κ3) is 4.96. The Morgan fingerprint density at radius 3 is 2.85 bits per heavy atom. The number of nitrogens with zero attached hydrogens (tertiary/aromatic N) is 1. The Hall–Kier alpha value is -1.37. The highest BCUT2D eigenvalue weighted by atomic mass is 35.5. The van der Waals surface area contributed by atoms with Gasteiger partial charge in [-0.1, -0.05) is 11.6 Å². The number of rotatable bonds is 7. The van der Waals surface area contributed by atoms with Crippen molar-refractivity contribution in [2.24, 2.45) is 0 Å². The van der Waals surface area contributed by atoms with Gasteiger partial charge in [-0.3, -0.25) is 14.9 Å². The van der Waals surface area contributed by atoms with Crippen LogP contribution in [0.4, 0.5) is 5.69 Å². The van der Waals surface area contributed by atoms with Gasteiger partial charge in [-0.2, -0.15) is 0 Å². The average Bonchev–Trinajstić information content (AvgIpc) is 2.38. The summed E-state index contributed by atoms with van der Waals surface area (Å²) in [6.45, 7) is 0.675. The van der Waals surface area contributed by atoms with E-state index in [-0.39, 0.29) is 21.7 Å². The van der Waals surface area contributed by atoms with Crippen LogP contribution in [0.15, 0.2) is 18.2 Å². The van der Waals surface area contributed by atoms with Gasteiger partial charge >= 0.3 is 0 Å². The molecule has 1 amide bonds. The fourth-order valence-corrected chi connectivity index (χ4v) is 1.95. The normalized spacial score (nSPS) is 11.9. The summed E-state index contributed by atoms with van der Waals surface area (Å²) in [4.78, 5) is 22.1. The smallest absolute Gasteiger partial charge is 0.283 e. The van der Waals surface area contributed by atoms with E-state index < -0.39 is 10.8 Å². The zero-order valence-electron chi connectivity index (χ0n) is 10.8. The summed E-state index contributed by atoms with van der Waals surface area (Å²) in [5.74, 6) is -0.533. The lowest BCUT2D eigenvalue weighted by atomic mass is 10.1. The van der Waals surface area contributed by atoms with E-state index in [1.807, 2.05) is 0 Å². The van der Waals surface area contributed by atoms with Gasteiger partial charge in [-0.05, 0) is 18.6 Å². The maximum atomic E-state index is 11.9. The Bertz CT molecular complexity index is 496. The van der Waals surface area contributed by atoms with Crippen LogP contribution in [-0.4, -0.2) is 36.5 Å². The Morgan fingerprint density at radius 1 is 1.55 bits per heavy atom. The Balaban J connectivity index is 2.66. The maximum Gasteiger partial charge on any atom is 0.283 e. The molecule has 0 radical (unpaired) electrons. The zero-order valence-corrected chi connectivity index (χ0v) is 12.3. The number of ether oxygens (including phenoxy) is 1. The first kappa shape index (κ1) is 16.7. The van der Waals surface area contributed by atoms with Crippen LogP contribution in [0.25, 0.3) is 0 Å². The molecule has 1 atom stereocenters. The summed E-state index contributed by atoms with van der Waals surface area (Å²) in [6, 6.07) is 3.90. The molecule has 0 aromatic heterocycles. The SMILES string of the molecule is COCC(Cl)CCNC(=O)c1ccc(Cl)cc1[N+](=O)[O-]. The molecule has 0 spiro atoms. The van der Waals surface area contributed by atoms with Crippen LogP contribution in [0.3, 0.4) is 0 Å². The Morgan fingerprint density at radius 2 is 2.25 bits per heavy atom. The van der Waals surface area contributed by atoms with Crippen LogP contribution in [0.2, 0.25) is 5.02 Å². The highest BCUT2D eigenvalue weighted by Gasteiger charge is 2.20. The molecule has 0 aliphatic carbocycles. The lowest BCUT2D eigenvalue weighted by molar-refractivity contribution is -0.385. The van der Waals surface area contributed by atoms with Crippen molar-refractivity contribution in [1.82, 2.24) is 5.32 Å². The first-order valence-electron chi connectivity index (χ1n) is 5.81. The minimum Gasteiger partial charge on any atom is -0.383 e. The van der Waals surface area contributed by atoms with E-state index in [0.717, 1.165) is 6.07 Å². The number of halogens is 2. The van der Waals surface area contributed by atoms with Gasteiger partial charge in [0.05, 0.1) is 16.9 Å². The standard InChI is InChI=1S/C12H14Cl2N2O4/c1-20-7-9(14)4-5-15-12(17)10-3-2-8(13)6-11(10)16(18)19/h2-3,6,9H,4-5,7H2,1H3,(H,15,17). The highest BCUT2D eigenvalue weighted by Crippen LogP contribution is 2.23. The molecule has 0 aliphatic heterocycles. The molecule has 1 unspecified atom stereocenters. The predicted molar refractivity (Wildman–Crippen MR) is 76.6 cm³/mol. The summed E-state index contributed by atoms with van der Waals surface area (Å²) < 4.78 is 4.86. The number of amides is 1. The summed E-state index contributed by atoms with van der Waals surface area (Å²) in [7, 11) is 1.53. The zero-order chi connectivity index (χ0) is 15.1. The number of carbonyl (C=O) groups excluding carboxylic acids is 1. The average molecular weight is 321 g/mol. The predicted octanol–water partition coefficient (Wildman–Crippen LogP) is 2.62. The van der Waals surface area contributed by atoms with Gasteiger partial charge in [0.25, 0.3) is 11.6 Å². The molecule has 0 saturated carbocycles. The van der Waals surface area contributed by atoms with Gasteiger partial charge in [0.1, 0.15) is 5.56 Å². The summed E-state index contributed by atoms with van der Waals surface area (Å²) in [5, 5.41) is 13.4. The van der Waals surface area contributed by atoms with Gasteiger partial charge in [0.2, 0.25) is 0 Å². The van der Waals surface area contributed by atoms with Crippen LogP contribution in [0.5, 0.6) is 0 Å². The molecule has 8 heteroatoms. The minimum absolute atomic E-state index is 0.0303. The minimum atomic E-state index is -0.643. The first-order chi connectivity index (χ1) is 9.45. The molecule has 110 valence electrons. The van der Waals surface area contributed by atoms with Gasteiger partial charge in [0, 0.05) is 24.7 Å². The molecule has 1 aromatic carbocycles. The van der Waals surface area contributed by atoms with Crippen LogP contribution in [0, 0.1) is 10.1 Å². The van der Waals surface area contributed by atoms with Crippen molar-refractivity contribution in [1.29, 1.82) is 0 Å². The van der Waals surface area contributed by atoms with Crippen molar-refractivity contribution in [3.63, 3.8) is 0 Å². The van der Waals surface area contributed by atoms with Crippen molar-refractivity contribution in [3.05, 3.63) is 38.9 Å². The van der Waals surface area contributed by atoms with E-state index in [1.165, 1.54) is 19.2 Å². The van der Waals surface area contributed by atoms with Crippen LogP contribution < -0.4 is 5.32 Å². The number of hydrogen-bond donors (Lipinski definition) is 1. The van der Waals surface area contributed by atoms with Gasteiger partial charge in [0.15, 0.2) is 0 Å². The topological polar surface area (TPSA) is 81.5 Å². The molecule has 0 heterocycles. The second-order valence-corrected chi connectivity index (χ2v) is 5.07. The first-order valence-corrected chi connectivity index (χ1v) is 6.62. The molecule has 20 heavy (non-hydrogen) atoms. The summed E-state index contributed by atoms with van der Waals surface area (Å²) in [6.07, 6.45) is 0.503. The van der Waals surface area contributed by atoms with Crippen LogP contribution >= 0.6 is 23.2 Å². The number of nitro benzene ring substituents is 1. The molecular weight excluding hydrogens is 307 g/mol. The van der Waals surface area contributed by atoms with Crippen LogP contribution in [0.1, 0.15) is 16.8 Å². The quantitative estimate of drug-likeness (QED) is 0.475. The maximum absolute atomic E-state index is 11.9. The summed E-state index contributed by atoms with van der Waals surface area (Å²) in [5.41, 5.74) is -0.355. The molecule has 0 aliphatic rings. The van der Waals surface area contributed by atoms with Crippen molar-refractivity contribution in [2.75, 3.05) is 20.3 Å². The fraction of sp³-hybridized carbons (Fsp3) is 0.417. The van der Waals surface area contributed by atoms with E-state index in [1.54, 1.807) is 0 Å². The van der Waals surface area contributed by atoms with Crippen LogP contribution in [-0.2, 0) is 4.74 Å². The Kier molecular flexibility index (Phi) is 6.70. The number of hydrogen-bond acceptors (Lipinski definition) is 4. The largest absolute Gasteiger partial charge is 0.383 e. The van der Waals surface area contributed by atoms with E-state index in [9.17, 15) is 14.9 Å². The summed E-state index contributed by atoms with van der Waals surface area (Å²) >= 11 is 11.6. The molecule has 1 rings (SSSR count). The lowest BCUT2D eigenvalue weighted by Gasteiger charge is -2.09.